The molecule has 0 amide bonds. The third-order valence-corrected chi connectivity index (χ3v) is 15.4. The number of anilines is 3. The van der Waals surface area contributed by atoms with E-state index in [1.165, 1.54) is 65.4 Å². The summed E-state index contributed by atoms with van der Waals surface area (Å²) < 4.78 is 9.16. The van der Waals surface area contributed by atoms with Crippen LogP contribution in [0.2, 0.25) is 0 Å². The number of hydrogen-bond acceptors (Lipinski definition) is 2. The van der Waals surface area contributed by atoms with Crippen molar-refractivity contribution in [3.8, 4) is 50.2 Å². The van der Waals surface area contributed by atoms with Gasteiger partial charge in [-0.1, -0.05) is 206 Å². The molecule has 0 unspecified atom stereocenters. The first-order chi connectivity index (χ1) is 37.2. The van der Waals surface area contributed by atoms with Gasteiger partial charge in [0.2, 0.25) is 0 Å². The smallest absolute Gasteiger partial charge is 0.143 e. The first-order valence-electron chi connectivity index (χ1n) is 25.7. The van der Waals surface area contributed by atoms with Crippen LogP contribution >= 0.6 is 0 Å². The van der Waals surface area contributed by atoms with E-state index < -0.39 is 0 Å². The Kier molecular flexibility index (Phi) is 9.89. The van der Waals surface area contributed by atoms with Crippen molar-refractivity contribution >= 4 is 93.1 Å². The molecule has 3 nitrogen and oxygen atoms in total. The Morgan fingerprint density at radius 1 is 0.253 bits per heavy atom. The van der Waals surface area contributed by atoms with Gasteiger partial charge in [0.25, 0.3) is 0 Å². The van der Waals surface area contributed by atoms with Gasteiger partial charge in [0, 0.05) is 55.2 Å². The second-order valence-corrected chi connectivity index (χ2v) is 19.6. The second-order valence-electron chi connectivity index (χ2n) is 19.6. The van der Waals surface area contributed by atoms with Crippen LogP contribution in [0.5, 0.6) is 0 Å². The van der Waals surface area contributed by atoms with Gasteiger partial charge in [0.05, 0.1) is 11.0 Å². The van der Waals surface area contributed by atoms with Gasteiger partial charge >= 0.3 is 0 Å². The maximum Gasteiger partial charge on any atom is 0.143 e. The van der Waals surface area contributed by atoms with Gasteiger partial charge < -0.3 is 13.9 Å². The molecule has 2 heterocycles. The zero-order valence-electron chi connectivity index (χ0n) is 40.9. The minimum absolute atomic E-state index is 0.903. The fourth-order valence-electron chi connectivity index (χ4n) is 11.7. The molecule has 0 aliphatic rings. The van der Waals surface area contributed by atoms with Gasteiger partial charge in [-0.2, -0.15) is 0 Å². The van der Waals surface area contributed by atoms with Crippen molar-refractivity contribution in [3.63, 3.8) is 0 Å². The zero-order valence-corrected chi connectivity index (χ0v) is 40.9. The van der Waals surface area contributed by atoms with E-state index in [0.717, 1.165) is 77.9 Å². The third-order valence-electron chi connectivity index (χ3n) is 15.4. The van der Waals surface area contributed by atoms with Crippen LogP contribution in [0, 0.1) is 0 Å². The van der Waals surface area contributed by atoms with E-state index in [9.17, 15) is 0 Å². The summed E-state index contributed by atoms with van der Waals surface area (Å²) in [6, 6.07) is 101. The summed E-state index contributed by atoms with van der Waals surface area (Å²) in [4.78, 5) is 2.35. The van der Waals surface area contributed by atoms with Crippen molar-refractivity contribution in [2.24, 2.45) is 0 Å². The van der Waals surface area contributed by atoms with Gasteiger partial charge in [0.15, 0.2) is 0 Å². The molecule has 0 aliphatic heterocycles. The maximum absolute atomic E-state index is 6.78. The predicted molar refractivity (Wildman–Crippen MR) is 317 cm³/mol. The average Bonchev–Trinajstić information content (AvgIpc) is 4.09. The second kappa shape index (κ2) is 17.4. The van der Waals surface area contributed by atoms with E-state index in [1.54, 1.807) is 0 Å². The monoisotopic (exact) mass is 954 g/mol. The minimum atomic E-state index is 0.903. The van der Waals surface area contributed by atoms with Crippen molar-refractivity contribution in [1.82, 2.24) is 4.57 Å². The highest BCUT2D eigenvalue weighted by Crippen LogP contribution is 2.42. The van der Waals surface area contributed by atoms with Gasteiger partial charge in [0.1, 0.15) is 11.2 Å². The van der Waals surface area contributed by atoms with E-state index >= 15 is 0 Å². The van der Waals surface area contributed by atoms with E-state index in [-0.39, 0.29) is 0 Å². The summed E-state index contributed by atoms with van der Waals surface area (Å²) in [7, 11) is 0. The number of rotatable bonds is 8. The van der Waals surface area contributed by atoms with Crippen LogP contribution in [0.1, 0.15) is 0 Å². The first kappa shape index (κ1) is 42.7. The topological polar surface area (TPSA) is 21.3 Å². The van der Waals surface area contributed by atoms with Crippen LogP contribution in [-0.4, -0.2) is 4.57 Å². The SMILES string of the molecule is c1cc(-c2ccc(N(c3ccc(-c4ccc(-c5ccc6ccc7ccccc7c6c5)cc4)cc3)c3ccc(-c4cccc5c4oc4c6ccccc6ccc54)cc3)cc2)cc(-n2c3ccccc3c3ccccc32)c1. The number of nitrogens with zero attached hydrogens (tertiary/aromatic N) is 2. The normalized spacial score (nSPS) is 11.7. The van der Waals surface area contributed by atoms with Crippen molar-refractivity contribution in [3.05, 3.63) is 279 Å². The Hall–Kier alpha value is -9.96. The van der Waals surface area contributed by atoms with E-state index in [2.05, 4.69) is 289 Å². The molecule has 0 saturated heterocycles. The molecule has 2 aromatic heterocycles. The summed E-state index contributed by atoms with van der Waals surface area (Å²) in [6.07, 6.45) is 0. The molecule has 0 radical (unpaired) electrons. The number of fused-ring (bicyclic) bond motifs is 11. The van der Waals surface area contributed by atoms with Crippen LogP contribution in [0.3, 0.4) is 0 Å². The lowest BCUT2D eigenvalue weighted by atomic mass is 9.96. The quantitative estimate of drug-likeness (QED) is 0.142. The lowest BCUT2D eigenvalue weighted by Crippen LogP contribution is -2.09. The van der Waals surface area contributed by atoms with Crippen LogP contribution in [0.25, 0.3) is 126 Å². The lowest BCUT2D eigenvalue weighted by Gasteiger charge is -2.26. The number of aromatic nitrogens is 1. The Labute approximate surface area is 434 Å². The van der Waals surface area contributed by atoms with Gasteiger partial charge in [-0.15, -0.1) is 0 Å². The number of furan rings is 1. The molecular weight excluding hydrogens is 909 g/mol. The molecule has 0 fully saturated rings. The maximum atomic E-state index is 6.78. The Morgan fingerprint density at radius 3 is 1.32 bits per heavy atom. The van der Waals surface area contributed by atoms with Crippen molar-refractivity contribution < 1.29 is 4.42 Å². The van der Waals surface area contributed by atoms with Gasteiger partial charge in [-0.3, -0.25) is 0 Å². The van der Waals surface area contributed by atoms with Crippen molar-refractivity contribution in [2.75, 3.05) is 4.90 Å². The summed E-state index contributed by atoms with van der Waals surface area (Å²) in [5, 5.41) is 12.1. The van der Waals surface area contributed by atoms with E-state index in [1.807, 2.05) is 0 Å². The summed E-state index contributed by atoms with van der Waals surface area (Å²) in [5.41, 5.74) is 17.8. The minimum Gasteiger partial charge on any atom is -0.455 e. The Bertz CT molecular complexity index is 4620. The Morgan fingerprint density at radius 2 is 0.680 bits per heavy atom. The fourth-order valence-corrected chi connectivity index (χ4v) is 11.7. The van der Waals surface area contributed by atoms with Crippen LogP contribution in [0.4, 0.5) is 17.1 Å². The highest BCUT2D eigenvalue weighted by Gasteiger charge is 2.18. The summed E-state index contributed by atoms with van der Waals surface area (Å²) in [6.45, 7) is 0. The molecule has 15 aromatic rings. The van der Waals surface area contributed by atoms with Gasteiger partial charge in [-0.05, 0) is 139 Å². The molecule has 15 rings (SSSR count). The molecule has 0 bridgehead atoms. The lowest BCUT2D eigenvalue weighted by molar-refractivity contribution is 0.674. The predicted octanol–water partition coefficient (Wildman–Crippen LogP) is 20.3. The molecule has 0 aliphatic carbocycles. The molecule has 0 N–H and O–H groups in total. The Balaban J connectivity index is 0.784. The fraction of sp³-hybridized carbons (Fsp3) is 0. The summed E-state index contributed by atoms with van der Waals surface area (Å²) >= 11 is 0. The van der Waals surface area contributed by atoms with Crippen LogP contribution in [0.15, 0.2) is 283 Å². The van der Waals surface area contributed by atoms with E-state index in [0.29, 0.717) is 0 Å². The number of hydrogen-bond donors (Lipinski definition) is 0. The molecular formula is C72H46N2O. The highest BCUT2D eigenvalue weighted by atomic mass is 16.3. The number of benzene rings is 13. The molecule has 0 spiro atoms. The van der Waals surface area contributed by atoms with Crippen LogP contribution in [-0.2, 0) is 0 Å². The number of para-hydroxylation sites is 3. The summed E-state index contributed by atoms with van der Waals surface area (Å²) in [5.74, 6) is 0. The molecule has 0 atom stereocenters. The molecule has 75 heavy (non-hydrogen) atoms. The third kappa shape index (κ3) is 7.20. The average molecular weight is 955 g/mol. The van der Waals surface area contributed by atoms with Gasteiger partial charge in [-0.25, -0.2) is 0 Å². The van der Waals surface area contributed by atoms with E-state index in [4.69, 9.17) is 4.42 Å². The highest BCUT2D eigenvalue weighted by molar-refractivity contribution is 6.17. The van der Waals surface area contributed by atoms with Crippen molar-refractivity contribution in [2.45, 2.75) is 0 Å². The zero-order chi connectivity index (χ0) is 49.4. The first-order valence-corrected chi connectivity index (χ1v) is 25.7. The standard InChI is InChI=1S/C72H46N2O/c1-3-15-61-51(11-1)27-28-54-29-30-56(46-68(54)61)49-25-23-47(24-26-49)48-31-38-57(39-32-48)73(59-42-35-53(36-43-59)63-19-10-20-66-67-44-37-52-12-2-4-16-62(52)72(67)75-71(63)66)58-40-33-50(34-41-58)55-13-9-14-60(45-55)74-69-21-7-5-17-64(69)65-18-6-8-22-70(65)74/h1-46H. The van der Waals surface area contributed by atoms with Crippen LogP contribution < -0.4 is 4.90 Å². The molecule has 350 valence electrons. The molecule has 13 aromatic carbocycles. The van der Waals surface area contributed by atoms with Crippen molar-refractivity contribution in [1.29, 1.82) is 0 Å². The molecule has 3 heteroatoms. The largest absolute Gasteiger partial charge is 0.455 e. The molecule has 0 saturated carbocycles.